The normalized spacial score (nSPS) is 10.2. The number of hydrogen-bond acceptors (Lipinski definition) is 3. The van der Waals surface area contributed by atoms with Crippen LogP contribution in [0.15, 0.2) is 60.9 Å². The second kappa shape index (κ2) is 6.99. The molecule has 0 radical (unpaired) electrons. The molecular formula is C18H13ClN4O. The summed E-state index contributed by atoms with van der Waals surface area (Å²) in [4.78, 5) is 12.1. The van der Waals surface area contributed by atoms with E-state index in [1.165, 1.54) is 0 Å². The summed E-state index contributed by atoms with van der Waals surface area (Å²) < 4.78 is 1.72. The minimum atomic E-state index is -0.177. The average molecular weight is 337 g/mol. The fourth-order valence-corrected chi connectivity index (χ4v) is 2.47. The maximum Gasteiger partial charge on any atom is 0.228 e. The number of nitriles is 1. The molecule has 1 heterocycles. The molecule has 24 heavy (non-hydrogen) atoms. The van der Waals surface area contributed by atoms with Gasteiger partial charge in [-0.2, -0.15) is 10.4 Å². The van der Waals surface area contributed by atoms with Crippen LogP contribution in [0.1, 0.15) is 11.1 Å². The average Bonchev–Trinajstić information content (AvgIpc) is 3.04. The van der Waals surface area contributed by atoms with Crippen LogP contribution in [0.2, 0.25) is 5.02 Å². The van der Waals surface area contributed by atoms with E-state index in [1.807, 2.05) is 42.6 Å². The number of amides is 1. The van der Waals surface area contributed by atoms with Crippen molar-refractivity contribution in [1.82, 2.24) is 9.78 Å². The molecule has 0 spiro atoms. The predicted molar refractivity (Wildman–Crippen MR) is 92.1 cm³/mol. The van der Waals surface area contributed by atoms with Crippen LogP contribution in [0.4, 0.5) is 5.69 Å². The quantitative estimate of drug-likeness (QED) is 0.791. The highest BCUT2D eigenvalue weighted by Crippen LogP contribution is 2.20. The number of aromatic nitrogens is 2. The van der Waals surface area contributed by atoms with Crippen LogP contribution in [0, 0.1) is 11.3 Å². The van der Waals surface area contributed by atoms with E-state index in [-0.39, 0.29) is 12.3 Å². The Morgan fingerprint density at radius 3 is 2.75 bits per heavy atom. The summed E-state index contributed by atoms with van der Waals surface area (Å²) in [5.74, 6) is -0.177. The fraction of sp³-hybridized carbons (Fsp3) is 0.0556. The predicted octanol–water partition coefficient (Wildman–Crippen LogP) is 3.58. The van der Waals surface area contributed by atoms with E-state index in [0.29, 0.717) is 16.3 Å². The molecule has 0 aliphatic rings. The number of hydrogen-bond donors (Lipinski definition) is 1. The van der Waals surface area contributed by atoms with Gasteiger partial charge >= 0.3 is 0 Å². The molecule has 0 saturated heterocycles. The molecule has 1 amide bonds. The Hall–Kier alpha value is -3.10. The van der Waals surface area contributed by atoms with Crippen LogP contribution >= 0.6 is 11.6 Å². The Morgan fingerprint density at radius 1 is 1.25 bits per heavy atom. The van der Waals surface area contributed by atoms with Crippen molar-refractivity contribution in [2.75, 3.05) is 5.32 Å². The minimum absolute atomic E-state index is 0.177. The largest absolute Gasteiger partial charge is 0.326 e. The van der Waals surface area contributed by atoms with Gasteiger partial charge in [0.1, 0.15) is 6.07 Å². The van der Waals surface area contributed by atoms with Crippen LogP contribution in [0.3, 0.4) is 0 Å². The maximum atomic E-state index is 12.1. The molecule has 0 atom stereocenters. The Labute approximate surface area is 144 Å². The molecule has 0 fully saturated rings. The summed E-state index contributed by atoms with van der Waals surface area (Å²) in [6.45, 7) is 0. The van der Waals surface area contributed by atoms with E-state index in [4.69, 9.17) is 16.9 Å². The molecule has 3 aromatic rings. The Bertz CT molecular complexity index is 912. The van der Waals surface area contributed by atoms with E-state index in [1.54, 1.807) is 29.1 Å². The van der Waals surface area contributed by atoms with E-state index >= 15 is 0 Å². The number of rotatable bonds is 4. The van der Waals surface area contributed by atoms with Crippen LogP contribution in [-0.4, -0.2) is 15.7 Å². The van der Waals surface area contributed by atoms with Crippen molar-refractivity contribution >= 4 is 23.2 Å². The van der Waals surface area contributed by atoms with Crippen LogP contribution in [0.25, 0.3) is 5.69 Å². The molecule has 1 N–H and O–H groups in total. The number of nitrogens with one attached hydrogen (secondary N) is 1. The zero-order valence-electron chi connectivity index (χ0n) is 12.6. The Kier molecular flexibility index (Phi) is 4.59. The Morgan fingerprint density at radius 2 is 2.04 bits per heavy atom. The van der Waals surface area contributed by atoms with Gasteiger partial charge in [-0.25, -0.2) is 4.68 Å². The Balaban J connectivity index is 1.66. The molecule has 118 valence electrons. The third-order valence-electron chi connectivity index (χ3n) is 3.39. The van der Waals surface area contributed by atoms with Gasteiger partial charge in [-0.1, -0.05) is 29.8 Å². The lowest BCUT2D eigenvalue weighted by atomic mass is 10.2. The lowest BCUT2D eigenvalue weighted by Gasteiger charge is -2.05. The number of para-hydroxylation sites is 1. The number of carbonyl (C=O) groups excluding carboxylic acids is 1. The van der Waals surface area contributed by atoms with Crippen molar-refractivity contribution in [2.45, 2.75) is 6.42 Å². The molecule has 5 nitrogen and oxygen atoms in total. The third kappa shape index (κ3) is 3.62. The first-order valence-electron chi connectivity index (χ1n) is 7.24. The first-order valence-corrected chi connectivity index (χ1v) is 7.62. The summed E-state index contributed by atoms with van der Waals surface area (Å²) in [5.41, 5.74) is 2.66. The third-order valence-corrected chi connectivity index (χ3v) is 3.71. The second-order valence-electron chi connectivity index (χ2n) is 5.16. The highest BCUT2D eigenvalue weighted by Gasteiger charge is 2.08. The van der Waals surface area contributed by atoms with E-state index in [2.05, 4.69) is 10.4 Å². The molecule has 0 bridgehead atoms. The first kappa shape index (κ1) is 15.8. The van der Waals surface area contributed by atoms with E-state index in [9.17, 15) is 4.79 Å². The van der Waals surface area contributed by atoms with Gasteiger partial charge in [-0.05, 0) is 35.9 Å². The first-order chi connectivity index (χ1) is 11.7. The van der Waals surface area contributed by atoms with Gasteiger partial charge in [0.2, 0.25) is 5.91 Å². The number of benzene rings is 2. The van der Waals surface area contributed by atoms with Crippen molar-refractivity contribution in [1.29, 1.82) is 5.26 Å². The van der Waals surface area contributed by atoms with Crippen molar-refractivity contribution in [3.8, 4) is 11.8 Å². The van der Waals surface area contributed by atoms with Crippen LogP contribution < -0.4 is 5.32 Å². The molecule has 2 aromatic carbocycles. The lowest BCUT2D eigenvalue weighted by Crippen LogP contribution is -2.14. The van der Waals surface area contributed by atoms with Crippen molar-refractivity contribution in [2.24, 2.45) is 0 Å². The molecule has 6 heteroatoms. The number of carbonyl (C=O) groups is 1. The summed E-state index contributed by atoms with van der Waals surface area (Å²) in [6.07, 6.45) is 3.68. The molecule has 3 rings (SSSR count). The van der Waals surface area contributed by atoms with E-state index < -0.39 is 0 Å². The van der Waals surface area contributed by atoms with Gasteiger partial charge < -0.3 is 5.32 Å². The summed E-state index contributed by atoms with van der Waals surface area (Å²) >= 11 is 5.96. The summed E-state index contributed by atoms with van der Waals surface area (Å²) in [7, 11) is 0. The summed E-state index contributed by atoms with van der Waals surface area (Å²) in [6, 6.07) is 16.4. The van der Waals surface area contributed by atoms with Gasteiger partial charge in [-0.15, -0.1) is 0 Å². The molecule has 1 aromatic heterocycles. The topological polar surface area (TPSA) is 70.7 Å². The van der Waals surface area contributed by atoms with Crippen molar-refractivity contribution < 1.29 is 4.79 Å². The van der Waals surface area contributed by atoms with Crippen molar-refractivity contribution in [3.63, 3.8) is 0 Å². The highest BCUT2D eigenvalue weighted by atomic mass is 35.5. The number of halogens is 1. The van der Waals surface area contributed by atoms with Crippen LogP contribution in [-0.2, 0) is 11.2 Å². The van der Waals surface area contributed by atoms with Gasteiger partial charge in [0.15, 0.2) is 0 Å². The fourth-order valence-electron chi connectivity index (χ4n) is 2.25. The zero-order chi connectivity index (χ0) is 16.9. The second-order valence-corrected chi connectivity index (χ2v) is 5.57. The number of nitrogens with zero attached hydrogens (tertiary/aromatic N) is 3. The zero-order valence-corrected chi connectivity index (χ0v) is 13.4. The minimum Gasteiger partial charge on any atom is -0.326 e. The standard InChI is InChI=1S/C18H13ClN4O/c19-17-9-15(7-6-14(17)10-20)22-18(24)8-13-11-21-23(12-13)16-4-2-1-3-5-16/h1-7,9,11-12H,8H2,(H,22,24). The molecule has 0 saturated carbocycles. The van der Waals surface area contributed by atoms with Gasteiger partial charge in [-0.3, -0.25) is 4.79 Å². The SMILES string of the molecule is N#Cc1ccc(NC(=O)Cc2cnn(-c3ccccc3)c2)cc1Cl. The van der Waals surface area contributed by atoms with E-state index in [0.717, 1.165) is 11.3 Å². The highest BCUT2D eigenvalue weighted by molar-refractivity contribution is 6.32. The van der Waals surface area contributed by atoms with Gasteiger partial charge in [0.05, 0.1) is 28.9 Å². The van der Waals surface area contributed by atoms with Gasteiger partial charge in [0, 0.05) is 11.9 Å². The monoisotopic (exact) mass is 336 g/mol. The van der Waals surface area contributed by atoms with Crippen LogP contribution in [0.5, 0.6) is 0 Å². The lowest BCUT2D eigenvalue weighted by molar-refractivity contribution is -0.115. The molecule has 0 unspecified atom stereocenters. The molecule has 0 aliphatic heterocycles. The maximum absolute atomic E-state index is 12.1. The van der Waals surface area contributed by atoms with Crippen molar-refractivity contribution in [3.05, 3.63) is 77.1 Å². The smallest absolute Gasteiger partial charge is 0.228 e. The van der Waals surface area contributed by atoms with Gasteiger partial charge in [0.25, 0.3) is 0 Å². The number of anilines is 1. The molecule has 0 aliphatic carbocycles. The molecular weight excluding hydrogens is 324 g/mol. The summed E-state index contributed by atoms with van der Waals surface area (Å²) in [5, 5.41) is 16.2.